The average Bonchev–Trinajstić information content (AvgIpc) is 2.59. The lowest BCUT2D eigenvalue weighted by atomic mass is 10.1. The van der Waals surface area contributed by atoms with Gasteiger partial charge in [0.25, 0.3) is 0 Å². The van der Waals surface area contributed by atoms with Gasteiger partial charge in [-0.2, -0.15) is 0 Å². The van der Waals surface area contributed by atoms with Crippen LogP contribution < -0.4 is 0 Å². The summed E-state index contributed by atoms with van der Waals surface area (Å²) in [6.07, 6.45) is 2.70. The number of unbranched alkanes of at least 4 members (excludes halogenated alkanes) is 1. The van der Waals surface area contributed by atoms with Gasteiger partial charge in [-0.25, -0.2) is 0 Å². The smallest absolute Gasteiger partial charge is 0.223 e. The van der Waals surface area contributed by atoms with Crippen molar-refractivity contribution in [2.45, 2.75) is 26.2 Å². The molecule has 1 fully saturated rings. The number of carbonyl (C=O) groups is 1. The van der Waals surface area contributed by atoms with Crippen molar-refractivity contribution in [3.63, 3.8) is 0 Å². The zero-order chi connectivity index (χ0) is 11.1. The Morgan fingerprint density at radius 3 is 2.93 bits per heavy atom. The minimum absolute atomic E-state index is 0.110. The third-order valence-electron chi connectivity index (χ3n) is 2.70. The Bertz CT molecular complexity index is 196. The average molecular weight is 215 g/mol. The van der Waals surface area contributed by atoms with Gasteiger partial charge in [-0.15, -0.1) is 0 Å². The maximum Gasteiger partial charge on any atom is 0.223 e. The summed E-state index contributed by atoms with van der Waals surface area (Å²) < 4.78 is 5.40. The summed E-state index contributed by atoms with van der Waals surface area (Å²) in [5.74, 6) is 0.279. The Balaban J connectivity index is 2.08. The van der Waals surface area contributed by atoms with Gasteiger partial charge in [0.15, 0.2) is 0 Å². The lowest BCUT2D eigenvalue weighted by Crippen LogP contribution is -2.29. The fourth-order valence-corrected chi connectivity index (χ4v) is 1.72. The first-order valence-electron chi connectivity index (χ1n) is 5.74. The first-order valence-corrected chi connectivity index (χ1v) is 5.74. The summed E-state index contributed by atoms with van der Waals surface area (Å²) in [4.78, 5) is 13.2. The number of hydrogen-bond acceptors (Lipinski definition) is 3. The number of hydrogen-bond donors (Lipinski definition) is 1. The molecule has 0 aromatic heterocycles. The van der Waals surface area contributed by atoms with Crippen LogP contribution in [0.5, 0.6) is 0 Å². The first-order chi connectivity index (χ1) is 7.27. The summed E-state index contributed by atoms with van der Waals surface area (Å²) in [5, 5.41) is 8.93. The minimum atomic E-state index is 0.110. The van der Waals surface area contributed by atoms with Crippen LogP contribution in [0.2, 0.25) is 0 Å². The van der Waals surface area contributed by atoms with Crippen LogP contribution >= 0.6 is 0 Å². The number of nitrogens with zero attached hydrogens (tertiary/aromatic N) is 1. The molecule has 1 aliphatic heterocycles. The van der Waals surface area contributed by atoms with E-state index in [1.165, 1.54) is 0 Å². The maximum atomic E-state index is 11.4. The van der Waals surface area contributed by atoms with Crippen molar-refractivity contribution in [1.29, 1.82) is 0 Å². The molecule has 1 saturated heterocycles. The lowest BCUT2D eigenvalue weighted by Gasteiger charge is -2.16. The van der Waals surface area contributed by atoms with E-state index < -0.39 is 0 Å². The Labute approximate surface area is 91.2 Å². The fraction of sp³-hybridized carbons (Fsp3) is 0.909. The van der Waals surface area contributed by atoms with Crippen LogP contribution in [0.1, 0.15) is 26.2 Å². The van der Waals surface area contributed by atoms with E-state index >= 15 is 0 Å². The number of rotatable bonds is 7. The summed E-state index contributed by atoms with van der Waals surface area (Å²) in [5.41, 5.74) is 0. The molecule has 0 aromatic carbocycles. The molecule has 1 heterocycles. The zero-order valence-corrected chi connectivity index (χ0v) is 9.45. The van der Waals surface area contributed by atoms with Crippen molar-refractivity contribution in [3.8, 4) is 0 Å². The van der Waals surface area contributed by atoms with Crippen LogP contribution in [-0.4, -0.2) is 48.8 Å². The van der Waals surface area contributed by atoms with Crippen molar-refractivity contribution < 1.29 is 14.6 Å². The van der Waals surface area contributed by atoms with Crippen molar-refractivity contribution in [2.75, 3.05) is 32.9 Å². The van der Waals surface area contributed by atoms with E-state index in [0.29, 0.717) is 26.1 Å². The summed E-state index contributed by atoms with van der Waals surface area (Å²) in [6.45, 7) is 4.98. The van der Waals surface area contributed by atoms with Gasteiger partial charge in [-0.1, -0.05) is 13.3 Å². The molecule has 1 atom stereocenters. The Morgan fingerprint density at radius 1 is 1.53 bits per heavy atom. The molecule has 88 valence electrons. The van der Waals surface area contributed by atoms with Gasteiger partial charge < -0.3 is 14.7 Å². The highest BCUT2D eigenvalue weighted by Crippen LogP contribution is 2.16. The van der Waals surface area contributed by atoms with Crippen LogP contribution in [0.25, 0.3) is 0 Å². The lowest BCUT2D eigenvalue weighted by molar-refractivity contribution is -0.128. The van der Waals surface area contributed by atoms with E-state index in [0.717, 1.165) is 19.4 Å². The molecule has 1 rings (SSSR count). The molecule has 0 bridgehead atoms. The molecule has 0 aliphatic carbocycles. The van der Waals surface area contributed by atoms with Crippen molar-refractivity contribution in [3.05, 3.63) is 0 Å². The Kier molecular flexibility index (Phi) is 5.65. The SMILES string of the molecule is CCCCOCCN1CC(CO)CC1=O. The molecule has 1 N–H and O–H groups in total. The van der Waals surface area contributed by atoms with E-state index in [4.69, 9.17) is 9.84 Å². The number of likely N-dealkylation sites (tertiary alicyclic amines) is 1. The summed E-state index contributed by atoms with van der Waals surface area (Å²) >= 11 is 0. The van der Waals surface area contributed by atoms with Gasteiger partial charge in [-0.3, -0.25) is 4.79 Å². The van der Waals surface area contributed by atoms with Crippen molar-refractivity contribution in [1.82, 2.24) is 4.90 Å². The number of amides is 1. The third kappa shape index (κ3) is 4.18. The summed E-state index contributed by atoms with van der Waals surface area (Å²) in [6, 6.07) is 0. The Morgan fingerprint density at radius 2 is 2.33 bits per heavy atom. The molecular weight excluding hydrogens is 194 g/mol. The van der Waals surface area contributed by atoms with Gasteiger partial charge in [0.2, 0.25) is 5.91 Å². The molecule has 0 radical (unpaired) electrons. The third-order valence-corrected chi connectivity index (χ3v) is 2.70. The fourth-order valence-electron chi connectivity index (χ4n) is 1.72. The van der Waals surface area contributed by atoms with Crippen LogP contribution in [0.3, 0.4) is 0 Å². The zero-order valence-electron chi connectivity index (χ0n) is 9.45. The monoisotopic (exact) mass is 215 g/mol. The molecule has 0 saturated carbocycles. The quantitative estimate of drug-likeness (QED) is 0.634. The van der Waals surface area contributed by atoms with Crippen LogP contribution in [0, 0.1) is 5.92 Å². The van der Waals surface area contributed by atoms with Crippen molar-refractivity contribution >= 4 is 5.91 Å². The minimum Gasteiger partial charge on any atom is -0.396 e. The summed E-state index contributed by atoms with van der Waals surface area (Å²) in [7, 11) is 0. The predicted molar refractivity (Wildman–Crippen MR) is 57.5 cm³/mol. The second-order valence-electron chi connectivity index (χ2n) is 4.06. The molecule has 4 heteroatoms. The van der Waals surface area contributed by atoms with Crippen LogP contribution in [-0.2, 0) is 9.53 Å². The highest BCUT2D eigenvalue weighted by molar-refractivity contribution is 5.78. The molecule has 4 nitrogen and oxygen atoms in total. The molecule has 0 spiro atoms. The molecule has 1 unspecified atom stereocenters. The van der Waals surface area contributed by atoms with Gasteiger partial charge in [0.05, 0.1) is 6.61 Å². The second-order valence-corrected chi connectivity index (χ2v) is 4.06. The van der Waals surface area contributed by atoms with Crippen LogP contribution in [0.4, 0.5) is 0 Å². The second kappa shape index (κ2) is 6.80. The number of aliphatic hydroxyl groups is 1. The highest BCUT2D eigenvalue weighted by atomic mass is 16.5. The molecule has 15 heavy (non-hydrogen) atoms. The molecule has 1 amide bonds. The Hall–Kier alpha value is -0.610. The normalized spacial score (nSPS) is 21.3. The van der Waals surface area contributed by atoms with E-state index in [1.807, 2.05) is 0 Å². The largest absolute Gasteiger partial charge is 0.396 e. The first kappa shape index (κ1) is 12.5. The van der Waals surface area contributed by atoms with Crippen LogP contribution in [0.15, 0.2) is 0 Å². The van der Waals surface area contributed by atoms with Gasteiger partial charge in [0.1, 0.15) is 0 Å². The molecule has 0 aromatic rings. The number of carbonyl (C=O) groups excluding carboxylic acids is 1. The van der Waals surface area contributed by atoms with E-state index in [1.54, 1.807) is 4.90 Å². The van der Waals surface area contributed by atoms with E-state index in [9.17, 15) is 4.79 Å². The van der Waals surface area contributed by atoms with Crippen molar-refractivity contribution in [2.24, 2.45) is 5.92 Å². The standard InChI is InChI=1S/C11H21NO3/c1-2-3-5-15-6-4-12-8-10(9-13)7-11(12)14/h10,13H,2-9H2,1H3. The predicted octanol–water partition coefficient (Wildman–Crippen LogP) is 0.644. The van der Waals surface area contributed by atoms with E-state index in [-0.39, 0.29) is 18.4 Å². The van der Waals surface area contributed by atoms with Gasteiger partial charge in [0, 0.05) is 38.6 Å². The van der Waals surface area contributed by atoms with E-state index in [2.05, 4.69) is 6.92 Å². The topological polar surface area (TPSA) is 49.8 Å². The van der Waals surface area contributed by atoms with Gasteiger partial charge >= 0.3 is 0 Å². The number of aliphatic hydroxyl groups excluding tert-OH is 1. The molecular formula is C11H21NO3. The highest BCUT2D eigenvalue weighted by Gasteiger charge is 2.28. The number of ether oxygens (including phenoxy) is 1. The van der Waals surface area contributed by atoms with Gasteiger partial charge in [-0.05, 0) is 6.42 Å². The molecule has 1 aliphatic rings. The maximum absolute atomic E-state index is 11.4.